The first kappa shape index (κ1) is 30.6. The van der Waals surface area contributed by atoms with Crippen molar-refractivity contribution >= 4 is 6.09 Å². The van der Waals surface area contributed by atoms with E-state index in [0.717, 1.165) is 19.3 Å². The van der Waals surface area contributed by atoms with Gasteiger partial charge in [0.2, 0.25) is 0 Å². The van der Waals surface area contributed by atoms with E-state index in [9.17, 15) is 15.0 Å². The highest BCUT2D eigenvalue weighted by atomic mass is 16.6. The van der Waals surface area contributed by atoms with E-state index in [1.807, 2.05) is 6.92 Å². The highest BCUT2D eigenvalue weighted by Gasteiger charge is 2.83. The summed E-state index contributed by atoms with van der Waals surface area (Å²) >= 11 is 0. The smallest absolute Gasteiger partial charge is 0.407 e. The Morgan fingerprint density at radius 2 is 1.60 bits per heavy atom. The Hall–Kier alpha value is -0.850. The van der Waals surface area contributed by atoms with Gasteiger partial charge in [0, 0.05) is 19.1 Å². The molecule has 0 saturated heterocycles. The highest BCUT2D eigenvalue weighted by Crippen LogP contribution is 2.89. The predicted molar refractivity (Wildman–Crippen MR) is 158 cm³/mol. The van der Waals surface area contributed by atoms with Crippen LogP contribution in [0, 0.1) is 56.7 Å². The van der Waals surface area contributed by atoms with Crippen LogP contribution in [-0.2, 0) is 9.47 Å². The van der Waals surface area contributed by atoms with Gasteiger partial charge < -0.3 is 25.0 Å². The molecule has 0 radical (unpaired) electrons. The van der Waals surface area contributed by atoms with E-state index in [2.05, 4.69) is 53.8 Å². The number of alkyl carbamates (subject to hydrolysis) is 1. The van der Waals surface area contributed by atoms with Crippen LogP contribution in [-0.4, -0.2) is 54.4 Å². The number of ether oxygens (including phenoxy) is 2. The molecule has 1 amide bonds. The number of nitrogens with one attached hydrogen (secondary N) is 1. The van der Waals surface area contributed by atoms with Gasteiger partial charge >= 0.3 is 6.09 Å². The molecule has 230 valence electrons. The molecule has 5 aliphatic carbocycles. The van der Waals surface area contributed by atoms with Crippen molar-refractivity contribution in [3.05, 3.63) is 0 Å². The number of rotatable bonds is 8. The molecule has 6 heteroatoms. The lowest BCUT2D eigenvalue weighted by atomic mass is 9.41. The maximum Gasteiger partial charge on any atom is 0.407 e. The Morgan fingerprint density at radius 1 is 0.950 bits per heavy atom. The maximum absolute atomic E-state index is 12.3. The average molecular weight is 562 g/mol. The minimum atomic E-state index is -0.378. The van der Waals surface area contributed by atoms with Crippen molar-refractivity contribution < 1.29 is 24.5 Å². The van der Waals surface area contributed by atoms with Gasteiger partial charge in [0.15, 0.2) is 0 Å². The van der Waals surface area contributed by atoms with Crippen molar-refractivity contribution in [2.75, 3.05) is 13.7 Å². The summed E-state index contributed by atoms with van der Waals surface area (Å²) in [6.07, 6.45) is 8.52. The molecular weight excluding hydrogens is 502 g/mol. The van der Waals surface area contributed by atoms with Crippen molar-refractivity contribution in [3.8, 4) is 0 Å². The fourth-order valence-corrected chi connectivity index (χ4v) is 12.1. The molecule has 3 unspecified atom stereocenters. The van der Waals surface area contributed by atoms with E-state index in [0.29, 0.717) is 41.0 Å². The summed E-state index contributed by atoms with van der Waals surface area (Å²) in [5.41, 5.74) is 0.663. The van der Waals surface area contributed by atoms with Crippen LogP contribution in [0.25, 0.3) is 0 Å². The van der Waals surface area contributed by atoms with Crippen LogP contribution < -0.4 is 5.32 Å². The molecule has 40 heavy (non-hydrogen) atoms. The third-order valence-corrected chi connectivity index (χ3v) is 14.4. The zero-order valence-corrected chi connectivity index (χ0v) is 26.9. The summed E-state index contributed by atoms with van der Waals surface area (Å²) < 4.78 is 11.9. The number of amides is 1. The van der Waals surface area contributed by atoms with Crippen LogP contribution in [0.15, 0.2) is 0 Å². The molecule has 5 saturated carbocycles. The van der Waals surface area contributed by atoms with Crippen LogP contribution in [0.1, 0.15) is 113 Å². The second-order valence-electron chi connectivity index (χ2n) is 16.2. The SMILES string of the molecule is CCNC(=O)O[C@H](C(C)C)C(C[C@@H](C)[C@H]1C[C@H](O)[C@@]2(C)C3CC[C@H]4C(C)(C)[C@@H](O)CC[C@@]45CC35CC[C@]12C)OC. The molecule has 2 spiro atoms. The number of methoxy groups -OCH3 is 1. The summed E-state index contributed by atoms with van der Waals surface area (Å²) in [5, 5.41) is 25.7. The quantitative estimate of drug-likeness (QED) is 0.312. The largest absolute Gasteiger partial charge is 0.443 e. The summed E-state index contributed by atoms with van der Waals surface area (Å²) in [5.74, 6) is 2.03. The molecule has 0 aromatic carbocycles. The molecule has 6 nitrogen and oxygen atoms in total. The summed E-state index contributed by atoms with van der Waals surface area (Å²) in [4.78, 5) is 12.3. The molecule has 3 N–H and O–H groups in total. The van der Waals surface area contributed by atoms with Crippen LogP contribution >= 0.6 is 0 Å². The minimum absolute atomic E-state index is 0.0159. The third-order valence-electron chi connectivity index (χ3n) is 14.4. The average Bonchev–Trinajstić information content (AvgIpc) is 3.51. The van der Waals surface area contributed by atoms with Gasteiger partial charge in [0.05, 0.1) is 18.3 Å². The molecule has 0 heterocycles. The van der Waals surface area contributed by atoms with Gasteiger partial charge in [0.1, 0.15) is 6.10 Å². The van der Waals surface area contributed by atoms with Crippen molar-refractivity contribution in [2.45, 2.75) is 138 Å². The van der Waals surface area contributed by atoms with Crippen molar-refractivity contribution in [3.63, 3.8) is 0 Å². The number of carbonyl (C=O) groups excluding carboxylic acids is 1. The second kappa shape index (κ2) is 10.1. The number of hydrogen-bond acceptors (Lipinski definition) is 5. The van der Waals surface area contributed by atoms with Crippen molar-refractivity contribution in [2.24, 2.45) is 56.7 Å². The van der Waals surface area contributed by atoms with Gasteiger partial charge in [-0.1, -0.05) is 48.5 Å². The van der Waals surface area contributed by atoms with E-state index in [-0.39, 0.29) is 52.7 Å². The number of fused-ring (bicyclic) bond motifs is 2. The van der Waals surface area contributed by atoms with E-state index in [1.165, 1.54) is 38.5 Å². The lowest BCUT2D eigenvalue weighted by Crippen LogP contribution is -2.59. The van der Waals surface area contributed by atoms with Gasteiger partial charge in [-0.3, -0.25) is 0 Å². The lowest BCUT2D eigenvalue weighted by Gasteiger charge is -2.63. The molecule has 5 rings (SSSR count). The van der Waals surface area contributed by atoms with E-state index in [4.69, 9.17) is 9.47 Å². The lowest BCUT2D eigenvalue weighted by molar-refractivity contribution is -0.182. The second-order valence-corrected chi connectivity index (χ2v) is 16.2. The highest BCUT2D eigenvalue weighted by molar-refractivity contribution is 5.67. The van der Waals surface area contributed by atoms with Gasteiger partial charge in [-0.05, 0) is 116 Å². The van der Waals surface area contributed by atoms with Crippen molar-refractivity contribution in [1.82, 2.24) is 5.32 Å². The standard InChI is InChI=1S/C34H59NO5/c1-10-35-29(38)40-28(20(2)3)23(39-9)17-21(4)22-18-27(37)32(8)25-12-11-24-30(5,6)26(36)13-14-33(24)19-34(25,33)16-15-31(22,32)7/h20-28,36-37H,10-19H2,1-9H3,(H,35,38)/t21-,22-,23?,24+,25?,26+,27+,28-,31-,32-,33-,34?/m1/s1. The molecule has 12 atom stereocenters. The molecule has 0 aromatic rings. The molecule has 5 aliphatic rings. The Labute approximate surface area is 243 Å². The zero-order valence-electron chi connectivity index (χ0n) is 26.9. The van der Waals surface area contributed by atoms with E-state index in [1.54, 1.807) is 7.11 Å². The number of hydrogen-bond donors (Lipinski definition) is 3. The monoisotopic (exact) mass is 561 g/mol. The summed E-state index contributed by atoms with van der Waals surface area (Å²) in [6.45, 7) is 18.5. The first-order valence-electron chi connectivity index (χ1n) is 16.5. The molecule has 5 fully saturated rings. The topological polar surface area (TPSA) is 88.0 Å². The fraction of sp³-hybridized carbons (Fsp3) is 0.971. The molecule has 0 aromatic heterocycles. The van der Waals surface area contributed by atoms with Gasteiger partial charge in [-0.15, -0.1) is 0 Å². The van der Waals surface area contributed by atoms with Crippen LogP contribution in [0.2, 0.25) is 0 Å². The molecular formula is C34H59NO5. The van der Waals surface area contributed by atoms with Gasteiger partial charge in [-0.2, -0.15) is 0 Å². The Kier molecular flexibility index (Phi) is 7.74. The predicted octanol–water partition coefficient (Wildman–Crippen LogP) is 6.57. The van der Waals surface area contributed by atoms with Gasteiger partial charge in [0.25, 0.3) is 0 Å². The fourth-order valence-electron chi connectivity index (χ4n) is 12.1. The van der Waals surface area contributed by atoms with Gasteiger partial charge in [-0.25, -0.2) is 4.79 Å². The Balaban J connectivity index is 1.38. The minimum Gasteiger partial charge on any atom is -0.443 e. The number of aliphatic hydroxyl groups excluding tert-OH is 2. The Bertz CT molecular complexity index is 968. The first-order chi connectivity index (χ1) is 18.7. The molecule has 0 bridgehead atoms. The van der Waals surface area contributed by atoms with Crippen LogP contribution in [0.5, 0.6) is 0 Å². The van der Waals surface area contributed by atoms with Crippen LogP contribution in [0.4, 0.5) is 4.79 Å². The summed E-state index contributed by atoms with van der Waals surface area (Å²) in [7, 11) is 1.74. The third kappa shape index (κ3) is 4.00. The maximum atomic E-state index is 12.3. The first-order valence-corrected chi connectivity index (χ1v) is 16.5. The number of aliphatic hydroxyl groups is 2. The number of carbonyl (C=O) groups is 1. The normalized spacial score (nSPS) is 47.2. The Morgan fingerprint density at radius 3 is 2.23 bits per heavy atom. The van der Waals surface area contributed by atoms with E-state index < -0.39 is 0 Å². The molecule has 0 aliphatic heterocycles. The van der Waals surface area contributed by atoms with E-state index >= 15 is 0 Å². The zero-order chi connectivity index (χ0) is 29.5. The summed E-state index contributed by atoms with van der Waals surface area (Å²) in [6, 6.07) is 0. The van der Waals surface area contributed by atoms with Crippen LogP contribution in [0.3, 0.4) is 0 Å². The van der Waals surface area contributed by atoms with Crippen molar-refractivity contribution in [1.29, 1.82) is 0 Å².